The van der Waals surface area contributed by atoms with Crippen LogP contribution in [0.15, 0.2) is 58.3 Å². The van der Waals surface area contributed by atoms with Crippen molar-refractivity contribution >= 4 is 43.2 Å². The van der Waals surface area contributed by atoms with E-state index in [0.717, 1.165) is 0 Å². The minimum absolute atomic E-state index is 0.0761. The number of likely N-dealkylation sites (N-methyl/N-ethyl adjacent to an activating group) is 1. The maximum atomic E-state index is 13.0. The van der Waals surface area contributed by atoms with Gasteiger partial charge in [-0.15, -0.1) is 0 Å². The number of benzene rings is 2. The number of nitrogens with zero attached hydrogens (tertiary/aromatic N) is 3. The summed E-state index contributed by atoms with van der Waals surface area (Å²) in [6.07, 6.45) is 1.13. The van der Waals surface area contributed by atoms with E-state index >= 15 is 0 Å². The van der Waals surface area contributed by atoms with Crippen molar-refractivity contribution in [1.29, 1.82) is 0 Å². The standard InChI is InChI=1S/C23H29ClN4O5S2/c1-26-13-15-27(16-14-26)34(30,31)22-10-6-20(7-11-22)25-23(29)18-3-2-12-28(17-18)35(32,33)21-8-4-19(24)5-9-21/h4-11,18H,2-3,12-17H2,1H3,(H,25,29)/t18-/m1/s1. The van der Waals surface area contributed by atoms with Gasteiger partial charge in [-0.3, -0.25) is 4.79 Å². The zero-order chi connectivity index (χ0) is 25.2. The summed E-state index contributed by atoms with van der Waals surface area (Å²) in [6, 6.07) is 12.1. The van der Waals surface area contributed by atoms with Gasteiger partial charge in [-0.25, -0.2) is 16.8 Å². The van der Waals surface area contributed by atoms with E-state index < -0.39 is 26.0 Å². The Morgan fingerprint density at radius 3 is 1.97 bits per heavy atom. The highest BCUT2D eigenvalue weighted by molar-refractivity contribution is 7.89. The maximum Gasteiger partial charge on any atom is 0.243 e. The maximum absolute atomic E-state index is 13.0. The van der Waals surface area contributed by atoms with Crippen LogP contribution in [0.1, 0.15) is 12.8 Å². The topological polar surface area (TPSA) is 107 Å². The van der Waals surface area contributed by atoms with Gasteiger partial charge in [0.05, 0.1) is 15.7 Å². The van der Waals surface area contributed by atoms with E-state index in [1.165, 1.54) is 45.0 Å². The molecule has 2 fully saturated rings. The Kier molecular flexibility index (Phi) is 7.84. The van der Waals surface area contributed by atoms with Crippen molar-refractivity contribution in [3.8, 4) is 0 Å². The molecule has 2 saturated heterocycles. The lowest BCUT2D eigenvalue weighted by atomic mass is 9.99. The SMILES string of the molecule is CN1CCN(S(=O)(=O)c2ccc(NC(=O)[C@@H]3CCCN(S(=O)(=O)c4ccc(Cl)cc4)C3)cc2)CC1. The molecule has 2 aliphatic rings. The largest absolute Gasteiger partial charge is 0.326 e. The molecule has 0 spiro atoms. The van der Waals surface area contributed by atoms with Crippen LogP contribution < -0.4 is 5.32 Å². The highest BCUT2D eigenvalue weighted by Crippen LogP contribution is 2.26. The molecule has 2 aromatic rings. The van der Waals surface area contributed by atoms with Crippen LogP contribution in [0.3, 0.4) is 0 Å². The van der Waals surface area contributed by atoms with Crippen molar-refractivity contribution in [3.05, 3.63) is 53.6 Å². The van der Waals surface area contributed by atoms with E-state index in [9.17, 15) is 21.6 Å². The van der Waals surface area contributed by atoms with E-state index in [1.807, 2.05) is 7.05 Å². The third-order valence-corrected chi connectivity index (χ3v) is 10.5. The first-order valence-corrected chi connectivity index (χ1v) is 14.7. The van der Waals surface area contributed by atoms with Gasteiger partial charge in [0.2, 0.25) is 26.0 Å². The lowest BCUT2D eigenvalue weighted by Crippen LogP contribution is -2.47. The van der Waals surface area contributed by atoms with Crippen LogP contribution in [0.5, 0.6) is 0 Å². The van der Waals surface area contributed by atoms with Crippen LogP contribution in [0.2, 0.25) is 5.02 Å². The number of piperazine rings is 1. The molecule has 0 saturated carbocycles. The van der Waals surface area contributed by atoms with Gasteiger partial charge in [-0.05, 0) is 68.4 Å². The fraction of sp³-hybridized carbons (Fsp3) is 0.435. The molecule has 1 amide bonds. The fourth-order valence-corrected chi connectivity index (χ4v) is 7.33. The van der Waals surface area contributed by atoms with Crippen molar-refractivity contribution in [2.24, 2.45) is 5.92 Å². The Morgan fingerprint density at radius 1 is 0.829 bits per heavy atom. The normalized spacial score (nSPS) is 21.0. The van der Waals surface area contributed by atoms with Crippen molar-refractivity contribution < 1.29 is 21.6 Å². The quantitative estimate of drug-likeness (QED) is 0.602. The van der Waals surface area contributed by atoms with Crippen LogP contribution >= 0.6 is 11.6 Å². The number of sulfonamides is 2. The van der Waals surface area contributed by atoms with Gasteiger partial charge in [0.1, 0.15) is 0 Å². The van der Waals surface area contributed by atoms with Crippen molar-refractivity contribution in [2.75, 3.05) is 51.6 Å². The van der Waals surface area contributed by atoms with Gasteiger partial charge in [0.15, 0.2) is 0 Å². The highest BCUT2D eigenvalue weighted by Gasteiger charge is 2.33. The van der Waals surface area contributed by atoms with Crippen LogP contribution in [0.25, 0.3) is 0 Å². The Hall–Kier alpha value is -2.02. The summed E-state index contributed by atoms with van der Waals surface area (Å²) in [7, 11) is -5.37. The molecule has 190 valence electrons. The van der Waals surface area contributed by atoms with Gasteiger partial charge < -0.3 is 10.2 Å². The van der Waals surface area contributed by atoms with Gasteiger partial charge in [-0.2, -0.15) is 8.61 Å². The summed E-state index contributed by atoms with van der Waals surface area (Å²) in [5, 5.41) is 3.25. The Bertz CT molecular complexity index is 1260. The number of nitrogens with one attached hydrogen (secondary N) is 1. The molecule has 2 heterocycles. The zero-order valence-corrected chi connectivity index (χ0v) is 21.8. The summed E-state index contributed by atoms with van der Waals surface area (Å²) in [5.41, 5.74) is 0.463. The Morgan fingerprint density at radius 2 is 1.37 bits per heavy atom. The fourth-order valence-electron chi connectivity index (χ4n) is 4.26. The average Bonchev–Trinajstić information content (AvgIpc) is 2.85. The molecular formula is C23H29ClN4O5S2. The first-order chi connectivity index (χ1) is 16.6. The second-order valence-electron chi connectivity index (χ2n) is 8.88. The number of hydrogen-bond acceptors (Lipinski definition) is 6. The van der Waals surface area contributed by atoms with E-state index in [4.69, 9.17) is 11.6 Å². The minimum Gasteiger partial charge on any atom is -0.326 e. The molecule has 0 aliphatic carbocycles. The predicted molar refractivity (Wildman–Crippen MR) is 134 cm³/mol. The Labute approximate surface area is 211 Å². The van der Waals surface area contributed by atoms with Crippen LogP contribution in [0, 0.1) is 5.92 Å². The second kappa shape index (κ2) is 10.5. The molecular weight excluding hydrogens is 512 g/mol. The van der Waals surface area contributed by atoms with Crippen molar-refractivity contribution in [3.63, 3.8) is 0 Å². The van der Waals surface area contributed by atoms with Crippen LogP contribution in [0.4, 0.5) is 5.69 Å². The number of rotatable bonds is 6. The lowest BCUT2D eigenvalue weighted by molar-refractivity contribution is -0.120. The van der Waals surface area contributed by atoms with Gasteiger partial charge in [-0.1, -0.05) is 11.6 Å². The molecule has 2 aliphatic heterocycles. The number of amides is 1. The number of piperidine rings is 1. The number of anilines is 1. The zero-order valence-electron chi connectivity index (χ0n) is 19.4. The molecule has 35 heavy (non-hydrogen) atoms. The summed E-state index contributed by atoms with van der Waals surface area (Å²) >= 11 is 5.87. The van der Waals surface area contributed by atoms with Crippen LogP contribution in [-0.4, -0.2) is 82.6 Å². The monoisotopic (exact) mass is 540 g/mol. The number of hydrogen-bond donors (Lipinski definition) is 1. The summed E-state index contributed by atoms with van der Waals surface area (Å²) in [4.78, 5) is 15.3. The molecule has 12 heteroatoms. The summed E-state index contributed by atoms with van der Waals surface area (Å²) < 4.78 is 54.6. The van der Waals surface area contributed by atoms with Gasteiger partial charge in [0.25, 0.3) is 0 Å². The lowest BCUT2D eigenvalue weighted by Gasteiger charge is -2.31. The van der Waals surface area contributed by atoms with E-state index in [0.29, 0.717) is 56.3 Å². The molecule has 1 atom stereocenters. The number of carbonyl (C=O) groups is 1. The minimum atomic E-state index is -3.73. The molecule has 0 radical (unpaired) electrons. The smallest absolute Gasteiger partial charge is 0.243 e. The molecule has 0 unspecified atom stereocenters. The third-order valence-electron chi connectivity index (χ3n) is 6.43. The average molecular weight is 541 g/mol. The summed E-state index contributed by atoms with van der Waals surface area (Å²) in [5.74, 6) is -0.810. The highest BCUT2D eigenvalue weighted by atomic mass is 35.5. The number of carbonyl (C=O) groups excluding carboxylic acids is 1. The first-order valence-electron chi connectivity index (χ1n) is 11.4. The predicted octanol–water partition coefficient (Wildman–Crippen LogP) is 2.32. The molecule has 1 N–H and O–H groups in total. The van der Waals surface area contributed by atoms with E-state index in [-0.39, 0.29) is 22.2 Å². The van der Waals surface area contributed by atoms with Crippen molar-refractivity contribution in [1.82, 2.24) is 13.5 Å². The molecule has 4 rings (SSSR count). The van der Waals surface area contributed by atoms with Crippen LogP contribution in [-0.2, 0) is 24.8 Å². The molecule has 9 nitrogen and oxygen atoms in total. The molecule has 2 aromatic carbocycles. The third kappa shape index (κ3) is 5.87. The Balaban J connectivity index is 1.40. The van der Waals surface area contributed by atoms with Gasteiger partial charge in [0, 0.05) is 50.0 Å². The first kappa shape index (κ1) is 26.1. The molecule has 0 bridgehead atoms. The molecule has 0 aromatic heterocycles. The van der Waals surface area contributed by atoms with E-state index in [2.05, 4.69) is 10.2 Å². The van der Waals surface area contributed by atoms with Gasteiger partial charge >= 0.3 is 0 Å². The number of halogens is 1. The summed E-state index contributed by atoms with van der Waals surface area (Å²) in [6.45, 7) is 2.65. The van der Waals surface area contributed by atoms with Crippen molar-refractivity contribution in [2.45, 2.75) is 22.6 Å². The van der Waals surface area contributed by atoms with E-state index in [1.54, 1.807) is 12.1 Å². The second-order valence-corrected chi connectivity index (χ2v) is 13.2.